The van der Waals surface area contributed by atoms with Gasteiger partial charge in [0.2, 0.25) is 0 Å². The van der Waals surface area contributed by atoms with Crippen molar-refractivity contribution < 1.29 is 0 Å². The topological polar surface area (TPSA) is 29.3 Å². The van der Waals surface area contributed by atoms with E-state index in [1.54, 1.807) is 0 Å². The fourth-order valence-electron chi connectivity index (χ4n) is 2.75. The Hall–Kier alpha value is -1.18. The molecule has 0 spiro atoms. The van der Waals surface area contributed by atoms with E-state index in [1.807, 2.05) is 0 Å². The molecule has 0 aromatic heterocycles. The standard InChI is InChI=1S/C15H24N2/c1-4-13-9-14(8-12(3)15(13)16)17-7-5-6-11(2)10-17/h8-9,11H,4-7,10,16H2,1-3H3. The van der Waals surface area contributed by atoms with Gasteiger partial charge in [-0.05, 0) is 55.4 Å². The van der Waals surface area contributed by atoms with Crippen molar-refractivity contribution in [3.8, 4) is 0 Å². The van der Waals surface area contributed by atoms with Gasteiger partial charge in [-0.2, -0.15) is 0 Å². The zero-order valence-electron chi connectivity index (χ0n) is 11.3. The van der Waals surface area contributed by atoms with Gasteiger partial charge in [0.25, 0.3) is 0 Å². The number of benzene rings is 1. The first-order valence-corrected chi connectivity index (χ1v) is 6.75. The maximum atomic E-state index is 6.10. The Morgan fingerprint density at radius 3 is 2.82 bits per heavy atom. The molecule has 1 heterocycles. The second-order valence-corrected chi connectivity index (χ2v) is 5.38. The van der Waals surface area contributed by atoms with Crippen molar-refractivity contribution >= 4 is 11.4 Å². The van der Waals surface area contributed by atoms with Gasteiger partial charge in [0, 0.05) is 24.5 Å². The van der Waals surface area contributed by atoms with E-state index in [1.165, 1.54) is 42.7 Å². The molecule has 0 amide bonds. The molecule has 1 fully saturated rings. The average Bonchev–Trinajstić information content (AvgIpc) is 2.32. The molecule has 1 aliphatic rings. The maximum absolute atomic E-state index is 6.10. The second kappa shape index (κ2) is 4.99. The molecule has 0 aliphatic carbocycles. The summed E-state index contributed by atoms with van der Waals surface area (Å²) in [5, 5.41) is 0. The molecular weight excluding hydrogens is 208 g/mol. The molecule has 17 heavy (non-hydrogen) atoms. The van der Waals surface area contributed by atoms with Crippen LogP contribution >= 0.6 is 0 Å². The summed E-state index contributed by atoms with van der Waals surface area (Å²) >= 11 is 0. The number of nitrogen functional groups attached to an aromatic ring is 1. The van der Waals surface area contributed by atoms with Gasteiger partial charge in [-0.15, -0.1) is 0 Å². The van der Waals surface area contributed by atoms with Gasteiger partial charge in [0.05, 0.1) is 0 Å². The van der Waals surface area contributed by atoms with Crippen LogP contribution < -0.4 is 10.6 Å². The van der Waals surface area contributed by atoms with Gasteiger partial charge < -0.3 is 10.6 Å². The van der Waals surface area contributed by atoms with E-state index in [2.05, 4.69) is 37.8 Å². The molecule has 2 nitrogen and oxygen atoms in total. The van der Waals surface area contributed by atoms with E-state index in [0.29, 0.717) is 0 Å². The third-order valence-corrected chi connectivity index (χ3v) is 3.86. The van der Waals surface area contributed by atoms with Crippen LogP contribution in [0.2, 0.25) is 0 Å². The van der Waals surface area contributed by atoms with Crippen LogP contribution in [0.5, 0.6) is 0 Å². The molecule has 1 unspecified atom stereocenters. The monoisotopic (exact) mass is 232 g/mol. The Morgan fingerprint density at radius 2 is 2.18 bits per heavy atom. The van der Waals surface area contributed by atoms with Crippen LogP contribution in [0, 0.1) is 12.8 Å². The summed E-state index contributed by atoms with van der Waals surface area (Å²) in [6.45, 7) is 9.01. The minimum absolute atomic E-state index is 0.812. The van der Waals surface area contributed by atoms with Gasteiger partial charge in [-0.25, -0.2) is 0 Å². The molecular formula is C15H24N2. The molecule has 1 aliphatic heterocycles. The first-order valence-electron chi connectivity index (χ1n) is 6.75. The normalized spacial score (nSPS) is 20.6. The summed E-state index contributed by atoms with van der Waals surface area (Å²) in [4.78, 5) is 2.51. The zero-order chi connectivity index (χ0) is 12.4. The number of aryl methyl sites for hydroxylation is 2. The van der Waals surface area contributed by atoms with Gasteiger partial charge in [0.15, 0.2) is 0 Å². The van der Waals surface area contributed by atoms with Crippen LogP contribution in [0.15, 0.2) is 12.1 Å². The van der Waals surface area contributed by atoms with E-state index >= 15 is 0 Å². The van der Waals surface area contributed by atoms with E-state index in [9.17, 15) is 0 Å². The summed E-state index contributed by atoms with van der Waals surface area (Å²) < 4.78 is 0. The first-order chi connectivity index (χ1) is 8.11. The molecule has 0 radical (unpaired) electrons. The lowest BCUT2D eigenvalue weighted by Gasteiger charge is -2.33. The third kappa shape index (κ3) is 2.56. The van der Waals surface area contributed by atoms with Crippen molar-refractivity contribution in [2.24, 2.45) is 5.92 Å². The molecule has 1 saturated heterocycles. The quantitative estimate of drug-likeness (QED) is 0.792. The van der Waals surface area contributed by atoms with E-state index in [-0.39, 0.29) is 0 Å². The highest BCUT2D eigenvalue weighted by atomic mass is 15.1. The van der Waals surface area contributed by atoms with Crippen LogP contribution in [0.25, 0.3) is 0 Å². The Kier molecular flexibility index (Phi) is 3.60. The molecule has 1 aromatic rings. The average molecular weight is 232 g/mol. The molecule has 1 atom stereocenters. The zero-order valence-corrected chi connectivity index (χ0v) is 11.3. The number of hydrogen-bond donors (Lipinski definition) is 1. The lowest BCUT2D eigenvalue weighted by atomic mass is 9.98. The predicted molar refractivity (Wildman–Crippen MR) is 75.6 cm³/mol. The highest BCUT2D eigenvalue weighted by Crippen LogP contribution is 2.28. The van der Waals surface area contributed by atoms with E-state index in [0.717, 1.165) is 18.0 Å². The van der Waals surface area contributed by atoms with Crippen molar-refractivity contribution in [3.63, 3.8) is 0 Å². The Balaban J connectivity index is 2.29. The summed E-state index contributed by atoms with van der Waals surface area (Å²) in [6.07, 6.45) is 3.70. The van der Waals surface area contributed by atoms with Crippen LogP contribution in [0.4, 0.5) is 11.4 Å². The van der Waals surface area contributed by atoms with Crippen LogP contribution in [-0.4, -0.2) is 13.1 Å². The van der Waals surface area contributed by atoms with Gasteiger partial charge >= 0.3 is 0 Å². The maximum Gasteiger partial charge on any atom is 0.0377 e. The van der Waals surface area contributed by atoms with Crippen molar-refractivity contribution in [2.75, 3.05) is 23.7 Å². The van der Waals surface area contributed by atoms with Crippen molar-refractivity contribution in [3.05, 3.63) is 23.3 Å². The molecule has 1 aromatic carbocycles. The lowest BCUT2D eigenvalue weighted by molar-refractivity contribution is 0.447. The number of anilines is 2. The van der Waals surface area contributed by atoms with Crippen molar-refractivity contribution in [1.29, 1.82) is 0 Å². The van der Waals surface area contributed by atoms with Crippen LogP contribution in [0.1, 0.15) is 37.8 Å². The summed E-state index contributed by atoms with van der Waals surface area (Å²) in [5.41, 5.74) is 10.9. The Labute approximate surface area is 105 Å². The second-order valence-electron chi connectivity index (χ2n) is 5.38. The number of hydrogen-bond acceptors (Lipinski definition) is 2. The number of nitrogens with zero attached hydrogens (tertiary/aromatic N) is 1. The highest BCUT2D eigenvalue weighted by molar-refractivity contribution is 5.63. The summed E-state index contributed by atoms with van der Waals surface area (Å²) in [5.74, 6) is 0.812. The van der Waals surface area contributed by atoms with Gasteiger partial charge in [0.1, 0.15) is 0 Å². The molecule has 0 saturated carbocycles. The molecule has 94 valence electrons. The van der Waals surface area contributed by atoms with Crippen molar-refractivity contribution in [2.45, 2.75) is 40.0 Å². The Morgan fingerprint density at radius 1 is 1.41 bits per heavy atom. The summed E-state index contributed by atoms with van der Waals surface area (Å²) in [6, 6.07) is 4.52. The van der Waals surface area contributed by atoms with Crippen molar-refractivity contribution in [1.82, 2.24) is 0 Å². The third-order valence-electron chi connectivity index (χ3n) is 3.86. The van der Waals surface area contributed by atoms with Gasteiger partial charge in [-0.3, -0.25) is 0 Å². The van der Waals surface area contributed by atoms with Crippen LogP contribution in [0.3, 0.4) is 0 Å². The first kappa shape index (κ1) is 12.3. The fourth-order valence-corrected chi connectivity index (χ4v) is 2.75. The lowest BCUT2D eigenvalue weighted by Crippen LogP contribution is -2.34. The fraction of sp³-hybridized carbons (Fsp3) is 0.600. The largest absolute Gasteiger partial charge is 0.398 e. The van der Waals surface area contributed by atoms with Crippen LogP contribution in [-0.2, 0) is 6.42 Å². The number of nitrogens with two attached hydrogens (primary N) is 1. The highest BCUT2D eigenvalue weighted by Gasteiger charge is 2.17. The predicted octanol–water partition coefficient (Wildman–Crippen LogP) is 3.38. The van der Waals surface area contributed by atoms with E-state index in [4.69, 9.17) is 5.73 Å². The minimum Gasteiger partial charge on any atom is -0.398 e. The molecule has 2 rings (SSSR count). The van der Waals surface area contributed by atoms with E-state index < -0.39 is 0 Å². The summed E-state index contributed by atoms with van der Waals surface area (Å²) in [7, 11) is 0. The number of piperidine rings is 1. The smallest absolute Gasteiger partial charge is 0.0377 e. The minimum atomic E-state index is 0.812. The molecule has 2 N–H and O–H groups in total. The van der Waals surface area contributed by atoms with Gasteiger partial charge in [-0.1, -0.05) is 13.8 Å². The molecule has 2 heteroatoms. The number of rotatable bonds is 2. The SMILES string of the molecule is CCc1cc(N2CCCC(C)C2)cc(C)c1N. The molecule has 0 bridgehead atoms. The Bertz CT molecular complexity index is 398.